The molecule has 1 aromatic heterocycles. The van der Waals surface area contributed by atoms with E-state index in [0.29, 0.717) is 40.4 Å². The average molecular weight is 1680 g/mol. The molecule has 0 bridgehead atoms. The molecule has 116 heavy (non-hydrogen) atoms. The molecule has 3 unspecified atom stereocenters. The predicted octanol–water partition coefficient (Wildman–Crippen LogP) is -4.03. The molecule has 633 valence electrons. The number of amides is 9. The van der Waals surface area contributed by atoms with E-state index in [1.807, 2.05) is 0 Å². The molecule has 6 rings (SSSR count). The molecule has 9 atom stereocenters. The molecule has 3 aromatic carbocycles. The number of fused-ring (bicyclic) bond motifs is 1. The van der Waals surface area contributed by atoms with Crippen LogP contribution in [0.3, 0.4) is 0 Å². The number of carbonyl (C=O) groups excluding carboxylic acids is 9. The number of guanidine groups is 1. The SMILES string of the molecule is CC(C)C[C@@H](NC(=O)[C@H](Cc1ccc(O)cc1)NC(=O)C(CCCN=C(N)N)NC(=O)C(CO)NC(=O)C(Cc1ccccc1)NC(=O)[C@H](CC1CCCCC1)NC(=O)[C@@H](CC(=O)O)NC(=O)CN1CCN(CC(=O)O)CCN(CC(=O)O)CCN(CC(=O)O)CC1)C(=O)N[C@@H](Cc1c[nH]c2ccccc12)C(=O)N[C@@H](CO)C(=O)O.[68Ga]. The summed E-state index contributed by atoms with van der Waals surface area (Å²) in [6, 6.07) is 6.00. The number of carbonyl (C=O) groups is 14. The zero-order valence-electron chi connectivity index (χ0n) is 65.0. The summed E-state index contributed by atoms with van der Waals surface area (Å²) in [5.41, 5.74) is 13.3. The quantitative estimate of drug-likeness (QED) is 0.00868. The number of aliphatic carboxylic acids is 5. The Balaban J connectivity index is 0.0000240. The number of nitrogens with zero attached hydrogens (tertiary/aromatic N) is 5. The Morgan fingerprint density at radius 3 is 1.37 bits per heavy atom. The summed E-state index contributed by atoms with van der Waals surface area (Å²) in [7, 11) is 0. The number of phenolic OH excluding ortho intramolecular Hbond substituents is 1. The van der Waals surface area contributed by atoms with Crippen LogP contribution in [0.5, 0.6) is 5.75 Å². The number of para-hydroxylation sites is 1. The Morgan fingerprint density at radius 1 is 0.466 bits per heavy atom. The molecular weight excluding hydrogens is 1570 g/mol. The van der Waals surface area contributed by atoms with Gasteiger partial charge in [-0.15, -0.1) is 0 Å². The van der Waals surface area contributed by atoms with Gasteiger partial charge in [0.1, 0.15) is 60.1 Å². The van der Waals surface area contributed by atoms with Gasteiger partial charge >= 0.3 is 29.8 Å². The number of aromatic hydroxyl groups is 1. The molecule has 1 aliphatic heterocycles. The Morgan fingerprint density at radius 2 is 0.879 bits per heavy atom. The van der Waals surface area contributed by atoms with Crippen molar-refractivity contribution in [1.82, 2.24) is 72.4 Å². The van der Waals surface area contributed by atoms with Gasteiger partial charge in [0.25, 0.3) is 0 Å². The topological polar surface area (TPSA) is 602 Å². The smallest absolute Gasteiger partial charge is 0.328 e. The van der Waals surface area contributed by atoms with Gasteiger partial charge in [-0.3, -0.25) is 86.9 Å². The number of aliphatic hydroxyl groups is 2. The summed E-state index contributed by atoms with van der Waals surface area (Å²) >= 11 is 0. The minimum Gasteiger partial charge on any atom is -0.508 e. The Bertz CT molecular complexity index is 3950. The second-order valence-corrected chi connectivity index (χ2v) is 29.1. The number of carboxylic acid groups (broad SMARTS) is 5. The largest absolute Gasteiger partial charge is 0.508 e. The predicted molar refractivity (Wildman–Crippen MR) is 420 cm³/mol. The maximum atomic E-state index is 15.0. The van der Waals surface area contributed by atoms with Crippen LogP contribution in [0.25, 0.3) is 10.9 Å². The molecule has 3 radical (unpaired) electrons. The van der Waals surface area contributed by atoms with Gasteiger partial charge in [0.15, 0.2) is 5.96 Å². The number of benzene rings is 3. The molecule has 1 saturated heterocycles. The summed E-state index contributed by atoms with van der Waals surface area (Å²) in [5.74, 6) is -16.7. The summed E-state index contributed by atoms with van der Waals surface area (Å²) in [6.07, 6.45) is 3.04. The van der Waals surface area contributed by atoms with Crippen LogP contribution in [-0.4, -0.2) is 327 Å². The summed E-state index contributed by atoms with van der Waals surface area (Å²) in [4.78, 5) is 205. The first-order chi connectivity index (χ1) is 54.7. The molecule has 1 aliphatic carbocycles. The number of rotatable bonds is 44. The third-order valence-corrected chi connectivity index (χ3v) is 19.5. The van der Waals surface area contributed by atoms with Crippen molar-refractivity contribution >= 4 is 120 Å². The first-order valence-electron chi connectivity index (χ1n) is 38.1. The zero-order valence-corrected chi connectivity index (χ0v) is 67.4. The summed E-state index contributed by atoms with van der Waals surface area (Å²) in [6.45, 7) is -0.184. The number of aliphatic imine (C=N–C) groups is 1. The third-order valence-electron chi connectivity index (χ3n) is 19.5. The average Bonchev–Trinajstić information content (AvgIpc) is 1.64. The number of hydrogen-bond acceptors (Lipinski definition) is 22. The Labute approximate surface area is 682 Å². The number of aliphatic hydroxyl groups excluding tert-OH is 2. The first-order valence-corrected chi connectivity index (χ1v) is 38.1. The number of nitrogens with two attached hydrogens (primary N) is 2. The van der Waals surface area contributed by atoms with E-state index in [1.54, 1.807) is 84.4 Å². The molecule has 9 amide bonds. The molecule has 0 spiro atoms. The second kappa shape index (κ2) is 49.2. The Hall–Kier alpha value is -10.8. The standard InChI is InChI=1S/C76H109N17O22.Ga/c1-45(2)32-54(68(107)87-58(72(111)89-61(44-95)75(114)115)36-49-38-80-52-17-10-9-16-51(49)52)83-69(108)57(35-48-19-21-50(96)22-20-48)84-67(106)53(18-11-23-79-76(77)78)82-74(113)60(43-94)88-71(110)56(34-47-14-7-4-8-15-47)85-70(109)55(33-46-12-5-3-6-13-46)86-73(112)59(37-63(98)99)81-62(97)39-90-24-26-91(40-64(100)101)28-30-93(42-66(104)105)31-29-92(27-25-90)41-65(102)103;/h4,7-10,14-17,19-22,38,45-46,53-61,80,94-96H,3,5-6,11-13,18,23-37,39-44H2,1-2H3,(H,81,97)(H,82,113)(H,83,108)(H,84,106)(H,85,109)(H,86,112)(H,87,107)(H,88,110)(H,89,111)(H,98,99)(H,100,101)(H,102,103)(H,104,105)(H,114,115)(H4,77,78,79);/t53?,54-,55+,56?,57+,58+,59-,60?,61+;/m1./s1/i;1-2. The number of aromatic nitrogens is 1. The number of nitrogens with one attached hydrogen (secondary N) is 10. The molecule has 2 heterocycles. The number of H-pyrrole nitrogens is 1. The molecule has 22 N–H and O–H groups in total. The maximum absolute atomic E-state index is 15.0. The molecule has 2 aliphatic rings. The maximum Gasteiger partial charge on any atom is 0.328 e. The molecule has 4 aromatic rings. The molecule has 39 nitrogen and oxygen atoms in total. The van der Waals surface area contributed by atoms with E-state index in [9.17, 15) is 108 Å². The third kappa shape index (κ3) is 34.0. The number of hydrogen-bond donors (Lipinski definition) is 20. The van der Waals surface area contributed by atoms with Crippen LogP contribution in [-0.2, 0) is 86.4 Å². The normalized spacial score (nSPS) is 16.5. The van der Waals surface area contributed by atoms with E-state index in [4.69, 9.17) is 11.5 Å². The summed E-state index contributed by atoms with van der Waals surface area (Å²) in [5, 5.41) is 104. The van der Waals surface area contributed by atoms with Gasteiger partial charge in [-0.25, -0.2) is 4.79 Å². The van der Waals surface area contributed by atoms with Gasteiger partial charge < -0.3 is 105 Å². The van der Waals surface area contributed by atoms with E-state index in [2.05, 4.69) is 57.8 Å². The van der Waals surface area contributed by atoms with Crippen molar-refractivity contribution in [3.8, 4) is 5.75 Å². The van der Waals surface area contributed by atoms with Crippen molar-refractivity contribution in [3.05, 3.63) is 102 Å². The van der Waals surface area contributed by atoms with Gasteiger partial charge in [-0.1, -0.05) is 107 Å². The van der Waals surface area contributed by atoms with Gasteiger partial charge in [0.05, 0.1) is 45.8 Å². The number of aromatic amines is 1. The minimum atomic E-state index is -1.90. The fraction of sp³-hybridized carbons (Fsp3) is 0.539. The fourth-order valence-electron chi connectivity index (χ4n) is 13.5. The van der Waals surface area contributed by atoms with Crippen LogP contribution in [0.15, 0.2) is 90.1 Å². The van der Waals surface area contributed by atoms with E-state index >= 15 is 0 Å². The van der Waals surface area contributed by atoms with Crippen molar-refractivity contribution in [1.29, 1.82) is 0 Å². The van der Waals surface area contributed by atoms with Crippen LogP contribution in [0, 0.1) is 11.8 Å². The van der Waals surface area contributed by atoms with Crippen LogP contribution < -0.4 is 59.3 Å². The van der Waals surface area contributed by atoms with Crippen LogP contribution in [0.1, 0.15) is 94.7 Å². The van der Waals surface area contributed by atoms with Gasteiger partial charge in [0.2, 0.25) is 53.2 Å². The van der Waals surface area contributed by atoms with E-state index in [1.165, 1.54) is 34.1 Å². The molecule has 1 saturated carbocycles. The fourth-order valence-corrected chi connectivity index (χ4v) is 13.5. The molecular formula is C76H109GaN17O22. The molecule has 40 heteroatoms. The van der Waals surface area contributed by atoms with Crippen LogP contribution in [0.2, 0.25) is 0 Å². The van der Waals surface area contributed by atoms with E-state index < -0.39 is 183 Å². The van der Waals surface area contributed by atoms with Crippen LogP contribution in [0.4, 0.5) is 0 Å². The molecule has 2 fully saturated rings. The van der Waals surface area contributed by atoms with E-state index in [0.717, 1.165) is 19.3 Å². The monoisotopic (exact) mass is 1680 g/mol. The number of phenols is 1. The minimum absolute atomic E-state index is 0. The summed E-state index contributed by atoms with van der Waals surface area (Å²) < 4.78 is 0. The van der Waals surface area contributed by atoms with Crippen molar-refractivity contribution in [2.24, 2.45) is 28.3 Å². The number of carboxylic acids is 5. The zero-order chi connectivity index (χ0) is 84.3. The van der Waals surface area contributed by atoms with Crippen molar-refractivity contribution < 1.29 is 108 Å². The van der Waals surface area contributed by atoms with Crippen molar-refractivity contribution in [2.45, 2.75) is 152 Å². The van der Waals surface area contributed by atoms with Crippen molar-refractivity contribution in [2.75, 3.05) is 98.3 Å². The van der Waals surface area contributed by atoms with Crippen LogP contribution >= 0.6 is 0 Å². The van der Waals surface area contributed by atoms with Crippen molar-refractivity contribution in [3.63, 3.8) is 0 Å². The van der Waals surface area contributed by atoms with Gasteiger partial charge in [-0.05, 0) is 72.4 Å². The van der Waals surface area contributed by atoms with Gasteiger partial charge in [0, 0.05) is 115 Å². The Kier molecular flexibility index (Phi) is 40.7. The second-order valence-electron chi connectivity index (χ2n) is 29.1. The van der Waals surface area contributed by atoms with Gasteiger partial charge in [-0.2, -0.15) is 0 Å². The van der Waals surface area contributed by atoms with E-state index in [-0.39, 0.29) is 147 Å². The first kappa shape index (κ1) is 95.8.